The lowest BCUT2D eigenvalue weighted by atomic mass is 10.2. The third kappa shape index (κ3) is 4.80. The van der Waals surface area contributed by atoms with Crippen LogP contribution < -0.4 is 25.0 Å². The second kappa shape index (κ2) is 9.82. The van der Waals surface area contributed by atoms with Crippen LogP contribution in [0.5, 0.6) is 11.5 Å². The number of anilines is 4. The molecule has 2 aromatic heterocycles. The van der Waals surface area contributed by atoms with Gasteiger partial charge in [0.2, 0.25) is 0 Å². The summed E-state index contributed by atoms with van der Waals surface area (Å²) in [7, 11) is 3.11. The van der Waals surface area contributed by atoms with Crippen molar-refractivity contribution < 1.29 is 14.3 Å². The van der Waals surface area contributed by atoms with Crippen LogP contribution in [0.25, 0.3) is 0 Å². The molecule has 10 nitrogen and oxygen atoms in total. The van der Waals surface area contributed by atoms with Crippen molar-refractivity contribution in [3.8, 4) is 11.5 Å². The summed E-state index contributed by atoms with van der Waals surface area (Å²) in [6, 6.07) is 14.6. The van der Waals surface area contributed by atoms with Gasteiger partial charge >= 0.3 is 6.03 Å². The number of aromatic nitrogens is 3. The van der Waals surface area contributed by atoms with E-state index in [1.807, 2.05) is 30.3 Å². The normalized spacial score (nSPS) is 13.4. The molecular weight excluding hydrogens is 410 g/mol. The number of ether oxygens (including phenoxy) is 2. The zero-order valence-corrected chi connectivity index (χ0v) is 18.0. The van der Waals surface area contributed by atoms with Gasteiger partial charge in [-0.05, 0) is 36.4 Å². The summed E-state index contributed by atoms with van der Waals surface area (Å²) in [5, 5.41) is 14.6. The first kappa shape index (κ1) is 21.2. The summed E-state index contributed by atoms with van der Waals surface area (Å²) < 4.78 is 10.7. The smallest absolute Gasteiger partial charge is 0.322 e. The first-order valence-corrected chi connectivity index (χ1v) is 10.2. The summed E-state index contributed by atoms with van der Waals surface area (Å²) in [5.74, 6) is 3.16. The molecule has 166 valence electrons. The summed E-state index contributed by atoms with van der Waals surface area (Å²) >= 11 is 0. The summed E-state index contributed by atoms with van der Waals surface area (Å²) in [5.41, 5.74) is 0.571. The Hall–Kier alpha value is -4.08. The van der Waals surface area contributed by atoms with E-state index in [4.69, 9.17) is 9.47 Å². The lowest BCUT2D eigenvalue weighted by Gasteiger charge is -2.35. The predicted molar refractivity (Wildman–Crippen MR) is 122 cm³/mol. The van der Waals surface area contributed by atoms with Crippen LogP contribution in [0, 0.1) is 0 Å². The van der Waals surface area contributed by atoms with Crippen molar-refractivity contribution >= 4 is 29.2 Å². The number of nitrogens with one attached hydrogen (secondary N) is 2. The van der Waals surface area contributed by atoms with Crippen molar-refractivity contribution in [3.63, 3.8) is 0 Å². The molecule has 0 spiro atoms. The molecule has 10 heteroatoms. The van der Waals surface area contributed by atoms with E-state index in [0.29, 0.717) is 55.0 Å². The van der Waals surface area contributed by atoms with E-state index in [-0.39, 0.29) is 6.03 Å². The number of carbonyl (C=O) groups excluding carboxylic acids is 1. The van der Waals surface area contributed by atoms with Gasteiger partial charge in [0.25, 0.3) is 0 Å². The molecule has 0 saturated carbocycles. The second-order valence-corrected chi connectivity index (χ2v) is 7.06. The number of hydrogen-bond donors (Lipinski definition) is 2. The highest BCUT2D eigenvalue weighted by molar-refractivity contribution is 5.91. The molecule has 32 heavy (non-hydrogen) atoms. The SMILES string of the molecule is COc1cccc(NC(=O)N2CCN(c3ccc(Nc4ccccn4)nn3)CC2)c1OC. The van der Waals surface area contributed by atoms with E-state index in [9.17, 15) is 4.79 Å². The van der Waals surface area contributed by atoms with E-state index in [1.165, 1.54) is 0 Å². The molecule has 2 amide bonds. The van der Waals surface area contributed by atoms with Gasteiger partial charge in [0.05, 0.1) is 19.9 Å². The predicted octanol–water partition coefficient (Wildman–Crippen LogP) is 2.99. The first-order valence-electron chi connectivity index (χ1n) is 10.2. The maximum Gasteiger partial charge on any atom is 0.322 e. The van der Waals surface area contributed by atoms with E-state index in [1.54, 1.807) is 43.5 Å². The summed E-state index contributed by atoms with van der Waals surface area (Å²) in [6.45, 7) is 2.44. The van der Waals surface area contributed by atoms with Gasteiger partial charge in [-0.15, -0.1) is 10.2 Å². The van der Waals surface area contributed by atoms with Gasteiger partial charge in [-0.1, -0.05) is 12.1 Å². The topological polar surface area (TPSA) is 105 Å². The minimum atomic E-state index is -0.183. The van der Waals surface area contributed by atoms with E-state index in [2.05, 4.69) is 30.7 Å². The van der Waals surface area contributed by atoms with Crippen LogP contribution in [0.15, 0.2) is 54.7 Å². The Labute approximate surface area is 186 Å². The molecule has 1 aromatic carbocycles. The average Bonchev–Trinajstić information content (AvgIpc) is 2.85. The quantitative estimate of drug-likeness (QED) is 0.609. The molecule has 0 radical (unpaired) electrons. The second-order valence-electron chi connectivity index (χ2n) is 7.06. The highest BCUT2D eigenvalue weighted by atomic mass is 16.5. The highest BCUT2D eigenvalue weighted by Gasteiger charge is 2.23. The Bertz CT molecular complexity index is 1040. The Morgan fingerprint density at radius 1 is 0.906 bits per heavy atom. The zero-order chi connectivity index (χ0) is 22.3. The molecule has 0 unspecified atom stereocenters. The van der Waals surface area contributed by atoms with E-state index in [0.717, 1.165) is 5.82 Å². The Balaban J connectivity index is 1.32. The van der Waals surface area contributed by atoms with Crippen LogP contribution in [0.3, 0.4) is 0 Å². The van der Waals surface area contributed by atoms with Crippen molar-refractivity contribution in [2.75, 3.05) is 55.9 Å². The monoisotopic (exact) mass is 435 g/mol. The fraction of sp³-hybridized carbons (Fsp3) is 0.273. The van der Waals surface area contributed by atoms with Crippen molar-refractivity contribution in [2.45, 2.75) is 0 Å². The number of hydrogen-bond acceptors (Lipinski definition) is 8. The Morgan fingerprint density at radius 2 is 1.75 bits per heavy atom. The molecule has 1 saturated heterocycles. The van der Waals surface area contributed by atoms with Gasteiger partial charge in [-0.3, -0.25) is 0 Å². The molecule has 1 fully saturated rings. The van der Waals surface area contributed by atoms with E-state index < -0.39 is 0 Å². The number of amides is 2. The minimum Gasteiger partial charge on any atom is -0.493 e. The number of urea groups is 1. The fourth-order valence-corrected chi connectivity index (χ4v) is 3.45. The molecule has 1 aliphatic heterocycles. The molecule has 1 aliphatic rings. The van der Waals surface area contributed by atoms with Gasteiger partial charge in [0, 0.05) is 32.4 Å². The van der Waals surface area contributed by atoms with Crippen molar-refractivity contribution in [1.82, 2.24) is 20.1 Å². The molecule has 0 bridgehead atoms. The summed E-state index contributed by atoms with van der Waals surface area (Å²) in [6.07, 6.45) is 1.71. The molecule has 0 aliphatic carbocycles. The number of methoxy groups -OCH3 is 2. The molecule has 2 N–H and O–H groups in total. The molecule has 3 heterocycles. The molecule has 3 aromatic rings. The van der Waals surface area contributed by atoms with Gasteiger partial charge in [0.1, 0.15) is 5.82 Å². The largest absolute Gasteiger partial charge is 0.493 e. The van der Waals surface area contributed by atoms with Crippen molar-refractivity contribution in [1.29, 1.82) is 0 Å². The standard InChI is InChI=1S/C22H25N7O3/c1-31-17-7-5-6-16(21(17)32-2)24-22(30)29-14-12-28(13-15-29)20-10-9-19(26-27-20)25-18-8-3-4-11-23-18/h3-11H,12-15H2,1-2H3,(H,24,30)(H,23,25,26). The summed E-state index contributed by atoms with van der Waals surface area (Å²) in [4.78, 5) is 20.8. The number of para-hydroxylation sites is 1. The highest BCUT2D eigenvalue weighted by Crippen LogP contribution is 2.34. The van der Waals surface area contributed by atoms with Crippen molar-refractivity contribution in [3.05, 3.63) is 54.7 Å². The third-order valence-electron chi connectivity index (χ3n) is 5.11. The number of carbonyl (C=O) groups is 1. The number of benzene rings is 1. The molecular formula is C22H25N7O3. The lowest BCUT2D eigenvalue weighted by molar-refractivity contribution is 0.208. The van der Waals surface area contributed by atoms with Gasteiger partial charge in [0.15, 0.2) is 23.1 Å². The van der Waals surface area contributed by atoms with Crippen LogP contribution in [0.1, 0.15) is 0 Å². The number of pyridine rings is 1. The Kier molecular flexibility index (Phi) is 6.49. The van der Waals surface area contributed by atoms with Crippen LogP contribution in [-0.2, 0) is 0 Å². The average molecular weight is 435 g/mol. The maximum atomic E-state index is 12.8. The van der Waals surface area contributed by atoms with Gasteiger partial charge < -0.3 is 29.9 Å². The minimum absolute atomic E-state index is 0.183. The van der Waals surface area contributed by atoms with Crippen LogP contribution in [-0.4, -0.2) is 66.5 Å². The number of rotatable bonds is 6. The van der Waals surface area contributed by atoms with Crippen LogP contribution in [0.4, 0.5) is 27.9 Å². The third-order valence-corrected chi connectivity index (χ3v) is 5.11. The van der Waals surface area contributed by atoms with Gasteiger partial charge in [-0.25, -0.2) is 9.78 Å². The van der Waals surface area contributed by atoms with Crippen LogP contribution in [0.2, 0.25) is 0 Å². The molecule has 0 atom stereocenters. The Morgan fingerprint density at radius 3 is 2.41 bits per heavy atom. The fourth-order valence-electron chi connectivity index (χ4n) is 3.45. The lowest BCUT2D eigenvalue weighted by Crippen LogP contribution is -2.50. The number of nitrogens with zero attached hydrogens (tertiary/aromatic N) is 5. The van der Waals surface area contributed by atoms with Crippen LogP contribution >= 0.6 is 0 Å². The van der Waals surface area contributed by atoms with E-state index >= 15 is 0 Å². The van der Waals surface area contributed by atoms with Crippen molar-refractivity contribution in [2.24, 2.45) is 0 Å². The maximum absolute atomic E-state index is 12.8. The number of piperazine rings is 1. The molecule has 4 rings (SSSR count). The zero-order valence-electron chi connectivity index (χ0n) is 18.0. The first-order chi connectivity index (χ1) is 15.7. The van der Waals surface area contributed by atoms with Gasteiger partial charge in [-0.2, -0.15) is 0 Å².